The number of hydrogen-bond donors (Lipinski definition) is 1. The first-order valence-corrected chi connectivity index (χ1v) is 15.3. The van der Waals surface area contributed by atoms with Crippen LogP contribution in [0.5, 0.6) is 17.4 Å². The zero-order valence-corrected chi connectivity index (χ0v) is 28.2. The van der Waals surface area contributed by atoms with Gasteiger partial charge in [-0.2, -0.15) is 0 Å². The van der Waals surface area contributed by atoms with Gasteiger partial charge in [0.15, 0.2) is 0 Å². The summed E-state index contributed by atoms with van der Waals surface area (Å²) in [6.07, 6.45) is 2.45. The number of nitrogens with one attached hydrogen (secondary N) is 1. The van der Waals surface area contributed by atoms with Gasteiger partial charge in [0.1, 0.15) is 28.7 Å². The number of pyridine rings is 2. The van der Waals surface area contributed by atoms with E-state index >= 15 is 0 Å². The smallest absolute Gasteiger partial charge is 0.410 e. The van der Waals surface area contributed by atoms with Crippen LogP contribution in [-0.2, 0) is 16.1 Å². The Hall–Kier alpha value is -4.78. The molecule has 1 aliphatic rings. The van der Waals surface area contributed by atoms with E-state index in [2.05, 4.69) is 15.3 Å². The topological polar surface area (TPSA) is 126 Å². The largest absolute Gasteiger partial charge is 0.481 e. The van der Waals surface area contributed by atoms with Crippen LogP contribution in [0.2, 0.25) is 0 Å². The number of carbonyl (C=O) groups is 3. The molecule has 3 amide bonds. The van der Waals surface area contributed by atoms with Gasteiger partial charge in [-0.1, -0.05) is 0 Å². The average Bonchev–Trinajstić information content (AvgIpc) is 3.01. The average molecular weight is 651 g/mol. The van der Waals surface area contributed by atoms with Gasteiger partial charge in [-0.15, -0.1) is 0 Å². The number of rotatable bonds is 9. The molecule has 1 fully saturated rings. The lowest BCUT2D eigenvalue weighted by Crippen LogP contribution is -2.63. The molecule has 3 heterocycles. The van der Waals surface area contributed by atoms with Crippen molar-refractivity contribution in [2.45, 2.75) is 65.3 Å². The summed E-state index contributed by atoms with van der Waals surface area (Å²) in [6, 6.07) is 10.1. The summed E-state index contributed by atoms with van der Waals surface area (Å²) in [5.41, 5.74) is -0.335. The highest BCUT2D eigenvalue weighted by Crippen LogP contribution is 2.27. The van der Waals surface area contributed by atoms with Crippen LogP contribution in [0.15, 0.2) is 54.9 Å². The number of aromatic nitrogens is 2. The summed E-state index contributed by atoms with van der Waals surface area (Å²) in [5, 5.41) is 2.84. The van der Waals surface area contributed by atoms with Gasteiger partial charge in [0.05, 0.1) is 37.0 Å². The van der Waals surface area contributed by atoms with E-state index in [1.807, 2.05) is 25.7 Å². The lowest BCUT2D eigenvalue weighted by molar-refractivity contribution is -0.122. The Bertz CT molecular complexity index is 1580. The first-order chi connectivity index (χ1) is 22.1. The van der Waals surface area contributed by atoms with Crippen LogP contribution in [-0.4, -0.2) is 93.5 Å². The third-order valence-corrected chi connectivity index (χ3v) is 7.62. The molecule has 1 unspecified atom stereocenters. The van der Waals surface area contributed by atoms with E-state index in [1.54, 1.807) is 50.9 Å². The second-order valence-corrected chi connectivity index (χ2v) is 13.1. The van der Waals surface area contributed by atoms with Crippen LogP contribution >= 0.6 is 0 Å². The molecule has 0 saturated carbocycles. The van der Waals surface area contributed by atoms with Crippen molar-refractivity contribution in [1.82, 2.24) is 24.7 Å². The number of benzene rings is 1. The Morgan fingerprint density at radius 3 is 2.32 bits per heavy atom. The molecule has 3 aromatic rings. The molecule has 1 atom stereocenters. The number of nitrogens with zero attached hydrogens (tertiary/aromatic N) is 5. The van der Waals surface area contributed by atoms with Gasteiger partial charge in [0.25, 0.3) is 5.91 Å². The summed E-state index contributed by atoms with van der Waals surface area (Å²) in [5.74, 6) is 0.775. The van der Waals surface area contributed by atoms with Crippen LogP contribution < -0.4 is 14.8 Å². The van der Waals surface area contributed by atoms with Crippen LogP contribution in [0.1, 0.15) is 57.5 Å². The van der Waals surface area contributed by atoms with E-state index in [-0.39, 0.29) is 24.2 Å². The highest BCUT2D eigenvalue weighted by atomic mass is 19.1. The molecule has 1 aromatic carbocycles. The Labute approximate surface area is 274 Å². The third kappa shape index (κ3) is 9.16. The minimum Gasteiger partial charge on any atom is -0.481 e. The van der Waals surface area contributed by atoms with Crippen molar-refractivity contribution in [3.05, 3.63) is 71.8 Å². The summed E-state index contributed by atoms with van der Waals surface area (Å²) < 4.78 is 29.7. The molecule has 47 heavy (non-hydrogen) atoms. The number of carbonyl (C=O) groups excluding carboxylic acids is 3. The Morgan fingerprint density at radius 1 is 1.04 bits per heavy atom. The van der Waals surface area contributed by atoms with Crippen LogP contribution in [0.4, 0.5) is 15.0 Å². The number of piperazine rings is 1. The van der Waals surface area contributed by atoms with Crippen molar-refractivity contribution in [1.29, 1.82) is 0 Å². The number of ether oxygens (including phenoxy) is 3. The van der Waals surface area contributed by atoms with Crippen molar-refractivity contribution in [2.24, 2.45) is 0 Å². The fraction of sp³-hybridized carbons (Fsp3) is 0.441. The van der Waals surface area contributed by atoms with Gasteiger partial charge in [0, 0.05) is 38.4 Å². The minimum absolute atomic E-state index is 0.134. The number of methoxy groups -OCH3 is 1. The van der Waals surface area contributed by atoms with Gasteiger partial charge < -0.3 is 29.3 Å². The predicted octanol–water partition coefficient (Wildman–Crippen LogP) is 5.35. The number of amides is 3. The van der Waals surface area contributed by atoms with Crippen molar-refractivity contribution < 1.29 is 33.0 Å². The molecule has 0 spiro atoms. The molecular formula is C34H43FN6O6. The molecule has 1 saturated heterocycles. The first kappa shape index (κ1) is 35.1. The van der Waals surface area contributed by atoms with E-state index in [9.17, 15) is 18.8 Å². The molecule has 13 heteroatoms. The normalized spacial score (nSPS) is 15.4. The van der Waals surface area contributed by atoms with E-state index < -0.39 is 23.3 Å². The van der Waals surface area contributed by atoms with Crippen molar-refractivity contribution in [2.75, 3.05) is 39.1 Å². The zero-order valence-electron chi connectivity index (χ0n) is 28.2. The molecule has 1 aliphatic heterocycles. The zero-order chi connectivity index (χ0) is 34.5. The second-order valence-electron chi connectivity index (χ2n) is 13.1. The van der Waals surface area contributed by atoms with E-state index in [1.165, 1.54) is 48.7 Å². The fourth-order valence-electron chi connectivity index (χ4n) is 5.18. The van der Waals surface area contributed by atoms with Gasteiger partial charge in [-0.25, -0.2) is 19.2 Å². The van der Waals surface area contributed by atoms with Gasteiger partial charge >= 0.3 is 6.09 Å². The van der Waals surface area contributed by atoms with E-state index in [4.69, 9.17) is 14.2 Å². The second kappa shape index (κ2) is 14.3. The highest BCUT2D eigenvalue weighted by molar-refractivity contribution is 5.95. The van der Waals surface area contributed by atoms with Crippen molar-refractivity contribution in [3.63, 3.8) is 0 Å². The lowest BCUT2D eigenvalue weighted by Gasteiger charge is -2.48. The summed E-state index contributed by atoms with van der Waals surface area (Å²) in [6.45, 7) is 12.5. The first-order valence-electron chi connectivity index (χ1n) is 15.3. The Kier molecular flexibility index (Phi) is 10.7. The molecule has 0 aliphatic carbocycles. The van der Waals surface area contributed by atoms with Crippen molar-refractivity contribution >= 4 is 23.7 Å². The minimum atomic E-state index is -0.650. The quantitative estimate of drug-likeness (QED) is 0.326. The highest BCUT2D eigenvalue weighted by Gasteiger charge is 2.40. The third-order valence-electron chi connectivity index (χ3n) is 7.62. The SMILES string of the molecule is COc1ncc(C(=O)N2CCN(C(C)C(=O)Nc3ccc(Oc4ccc(F)cc4)cn3)CC2(C)C)cc1CN(C)C(=O)OC(C)(C)C. The standard InChI is InChI=1S/C34H43FN6O6/c1-22(29(42)38-28-14-13-27(19-36-28)46-26-11-9-25(35)10-12-26)40-15-16-41(34(5,6)21-40)31(43)23-17-24(30(45-8)37-18-23)20-39(7)32(44)47-33(2,3)4/h9-14,17-19,22H,15-16,20-21H2,1-8H3,(H,36,38,42). The van der Waals surface area contributed by atoms with Crippen LogP contribution in [0.3, 0.4) is 0 Å². The molecule has 4 rings (SSSR count). The number of hydrogen-bond acceptors (Lipinski definition) is 9. The molecule has 252 valence electrons. The Morgan fingerprint density at radius 2 is 1.72 bits per heavy atom. The summed E-state index contributed by atoms with van der Waals surface area (Å²) >= 11 is 0. The number of anilines is 1. The van der Waals surface area contributed by atoms with Gasteiger partial charge in [-0.3, -0.25) is 14.5 Å². The monoisotopic (exact) mass is 650 g/mol. The van der Waals surface area contributed by atoms with E-state index in [0.717, 1.165) is 0 Å². The summed E-state index contributed by atoms with van der Waals surface area (Å²) in [7, 11) is 3.09. The molecular weight excluding hydrogens is 607 g/mol. The molecule has 0 bridgehead atoms. The molecule has 1 N–H and O–H groups in total. The van der Waals surface area contributed by atoms with Crippen LogP contribution in [0, 0.1) is 5.82 Å². The molecule has 2 aromatic heterocycles. The lowest BCUT2D eigenvalue weighted by atomic mass is 9.96. The number of halogens is 1. The maximum Gasteiger partial charge on any atom is 0.410 e. The van der Waals surface area contributed by atoms with Gasteiger partial charge in [0.2, 0.25) is 11.8 Å². The Balaban J connectivity index is 1.37. The molecule has 0 radical (unpaired) electrons. The predicted molar refractivity (Wildman–Crippen MR) is 174 cm³/mol. The van der Waals surface area contributed by atoms with Crippen LogP contribution in [0.25, 0.3) is 0 Å². The fourth-order valence-corrected chi connectivity index (χ4v) is 5.18. The summed E-state index contributed by atoms with van der Waals surface area (Å²) in [4.78, 5) is 53.3. The molecule has 12 nitrogen and oxygen atoms in total. The van der Waals surface area contributed by atoms with Gasteiger partial charge in [-0.05, 0) is 84.0 Å². The van der Waals surface area contributed by atoms with Crippen molar-refractivity contribution in [3.8, 4) is 17.4 Å². The van der Waals surface area contributed by atoms with E-state index in [0.29, 0.717) is 54.0 Å². The maximum atomic E-state index is 13.8. The maximum absolute atomic E-state index is 13.8.